The highest BCUT2D eigenvalue weighted by molar-refractivity contribution is 5.94. The van der Waals surface area contributed by atoms with Gasteiger partial charge in [-0.1, -0.05) is 17.9 Å². The van der Waals surface area contributed by atoms with E-state index in [-0.39, 0.29) is 11.9 Å². The van der Waals surface area contributed by atoms with Crippen molar-refractivity contribution in [1.29, 1.82) is 0 Å². The smallest absolute Gasteiger partial charge is 0.251 e. The SMILES string of the molecule is CN1CCC(NC(=O)c2cccc(C#CCN)c2)C1. The monoisotopic (exact) mass is 257 g/mol. The van der Waals surface area contributed by atoms with Gasteiger partial charge in [0.05, 0.1) is 6.54 Å². The van der Waals surface area contributed by atoms with Crippen LogP contribution in [-0.4, -0.2) is 43.5 Å². The van der Waals surface area contributed by atoms with Crippen LogP contribution in [0, 0.1) is 11.8 Å². The molecule has 2 rings (SSSR count). The van der Waals surface area contributed by atoms with Crippen molar-refractivity contribution >= 4 is 5.91 Å². The second-order valence-corrected chi connectivity index (χ2v) is 4.81. The summed E-state index contributed by atoms with van der Waals surface area (Å²) in [5, 5.41) is 3.06. The average molecular weight is 257 g/mol. The molecule has 100 valence electrons. The maximum absolute atomic E-state index is 12.1. The van der Waals surface area contributed by atoms with Gasteiger partial charge in [-0.05, 0) is 38.2 Å². The van der Waals surface area contributed by atoms with Crippen LogP contribution in [0.25, 0.3) is 0 Å². The van der Waals surface area contributed by atoms with E-state index < -0.39 is 0 Å². The fourth-order valence-electron chi connectivity index (χ4n) is 2.21. The Morgan fingerprint density at radius 3 is 3.11 bits per heavy atom. The summed E-state index contributed by atoms with van der Waals surface area (Å²) in [7, 11) is 2.06. The van der Waals surface area contributed by atoms with Gasteiger partial charge >= 0.3 is 0 Å². The minimum atomic E-state index is -0.0308. The molecule has 19 heavy (non-hydrogen) atoms. The number of nitrogens with two attached hydrogens (primary N) is 1. The van der Waals surface area contributed by atoms with Crippen LogP contribution in [0.3, 0.4) is 0 Å². The van der Waals surface area contributed by atoms with Gasteiger partial charge in [0.1, 0.15) is 0 Å². The summed E-state index contributed by atoms with van der Waals surface area (Å²) in [6.07, 6.45) is 1.01. The van der Waals surface area contributed by atoms with Gasteiger partial charge < -0.3 is 16.0 Å². The molecule has 1 unspecified atom stereocenters. The summed E-state index contributed by atoms with van der Waals surface area (Å²) in [5.74, 6) is 5.70. The van der Waals surface area contributed by atoms with E-state index in [0.29, 0.717) is 12.1 Å². The Balaban J connectivity index is 2.02. The molecule has 0 spiro atoms. The number of likely N-dealkylation sites (tertiary alicyclic amines) is 1. The third-order valence-corrected chi connectivity index (χ3v) is 3.19. The first-order valence-corrected chi connectivity index (χ1v) is 6.47. The Kier molecular flexibility index (Phi) is 4.56. The molecule has 1 heterocycles. The summed E-state index contributed by atoms with van der Waals surface area (Å²) in [4.78, 5) is 14.3. The minimum Gasteiger partial charge on any atom is -0.348 e. The lowest BCUT2D eigenvalue weighted by molar-refractivity contribution is 0.0938. The molecule has 4 heteroatoms. The van der Waals surface area contributed by atoms with Crippen molar-refractivity contribution in [3.63, 3.8) is 0 Å². The third kappa shape index (κ3) is 3.82. The molecule has 4 nitrogen and oxygen atoms in total. The lowest BCUT2D eigenvalue weighted by atomic mass is 10.1. The molecular weight excluding hydrogens is 238 g/mol. The number of rotatable bonds is 2. The largest absolute Gasteiger partial charge is 0.348 e. The summed E-state index contributed by atoms with van der Waals surface area (Å²) in [6.45, 7) is 2.27. The Morgan fingerprint density at radius 1 is 1.58 bits per heavy atom. The highest BCUT2D eigenvalue weighted by Gasteiger charge is 2.21. The maximum atomic E-state index is 12.1. The van der Waals surface area contributed by atoms with Crippen molar-refractivity contribution in [1.82, 2.24) is 10.2 Å². The van der Waals surface area contributed by atoms with E-state index in [2.05, 4.69) is 29.1 Å². The highest BCUT2D eigenvalue weighted by Crippen LogP contribution is 2.09. The number of nitrogens with zero attached hydrogens (tertiary/aromatic N) is 1. The van der Waals surface area contributed by atoms with Crippen molar-refractivity contribution in [3.8, 4) is 11.8 Å². The van der Waals surface area contributed by atoms with E-state index in [0.717, 1.165) is 25.1 Å². The zero-order valence-electron chi connectivity index (χ0n) is 11.1. The number of carbonyl (C=O) groups is 1. The number of benzene rings is 1. The zero-order valence-corrected chi connectivity index (χ0v) is 11.1. The summed E-state index contributed by atoms with van der Waals surface area (Å²) in [5.41, 5.74) is 6.81. The second kappa shape index (κ2) is 6.37. The van der Waals surface area contributed by atoms with Gasteiger partial charge in [-0.15, -0.1) is 0 Å². The molecule has 0 aliphatic carbocycles. The number of carbonyl (C=O) groups excluding carboxylic acids is 1. The molecule has 1 aromatic rings. The number of likely N-dealkylation sites (N-methyl/N-ethyl adjacent to an activating group) is 1. The Labute approximate surface area is 114 Å². The van der Waals surface area contributed by atoms with E-state index in [9.17, 15) is 4.79 Å². The number of hydrogen-bond donors (Lipinski definition) is 2. The highest BCUT2D eigenvalue weighted by atomic mass is 16.1. The Hall–Kier alpha value is -1.83. The second-order valence-electron chi connectivity index (χ2n) is 4.81. The van der Waals surface area contributed by atoms with E-state index >= 15 is 0 Å². The van der Waals surface area contributed by atoms with E-state index in [1.54, 1.807) is 6.07 Å². The zero-order chi connectivity index (χ0) is 13.7. The minimum absolute atomic E-state index is 0.0308. The molecule has 1 aromatic carbocycles. The van der Waals surface area contributed by atoms with Crippen LogP contribution in [0.5, 0.6) is 0 Å². The van der Waals surface area contributed by atoms with Crippen LogP contribution in [0.4, 0.5) is 0 Å². The van der Waals surface area contributed by atoms with Crippen molar-refractivity contribution in [3.05, 3.63) is 35.4 Å². The Bertz CT molecular complexity index is 516. The van der Waals surface area contributed by atoms with Gasteiger partial charge in [0, 0.05) is 23.7 Å². The first kappa shape index (κ1) is 13.6. The first-order valence-electron chi connectivity index (χ1n) is 6.47. The van der Waals surface area contributed by atoms with Crippen LogP contribution in [0.15, 0.2) is 24.3 Å². The molecule has 1 aliphatic heterocycles. The lowest BCUT2D eigenvalue weighted by Crippen LogP contribution is -2.36. The van der Waals surface area contributed by atoms with E-state index in [4.69, 9.17) is 5.73 Å². The molecular formula is C15H19N3O. The van der Waals surface area contributed by atoms with Crippen molar-refractivity contribution in [2.24, 2.45) is 5.73 Å². The van der Waals surface area contributed by atoms with Gasteiger partial charge in [-0.25, -0.2) is 0 Å². The molecule has 0 radical (unpaired) electrons. The molecule has 0 bridgehead atoms. The fourth-order valence-corrected chi connectivity index (χ4v) is 2.21. The average Bonchev–Trinajstić information content (AvgIpc) is 2.82. The molecule has 0 aromatic heterocycles. The maximum Gasteiger partial charge on any atom is 0.251 e. The van der Waals surface area contributed by atoms with Gasteiger partial charge in [0.15, 0.2) is 0 Å². The number of hydrogen-bond acceptors (Lipinski definition) is 3. The summed E-state index contributed by atoms with van der Waals surface area (Å²) in [6, 6.07) is 7.58. The van der Waals surface area contributed by atoms with Crippen LogP contribution < -0.4 is 11.1 Å². The summed E-state index contributed by atoms with van der Waals surface area (Å²) >= 11 is 0. The topological polar surface area (TPSA) is 58.4 Å². The summed E-state index contributed by atoms with van der Waals surface area (Å²) < 4.78 is 0. The molecule has 3 N–H and O–H groups in total. The van der Waals surface area contributed by atoms with Gasteiger partial charge in [0.2, 0.25) is 0 Å². The van der Waals surface area contributed by atoms with Gasteiger partial charge in [0.25, 0.3) is 5.91 Å². The Morgan fingerprint density at radius 2 is 2.42 bits per heavy atom. The lowest BCUT2D eigenvalue weighted by Gasteiger charge is -2.12. The van der Waals surface area contributed by atoms with Crippen LogP contribution in [0.1, 0.15) is 22.3 Å². The van der Waals surface area contributed by atoms with Crippen molar-refractivity contribution in [2.75, 3.05) is 26.7 Å². The number of amides is 1. The molecule has 1 atom stereocenters. The standard InChI is InChI=1S/C15H19N3O/c1-18-9-7-14(11-18)17-15(19)13-6-2-4-12(10-13)5-3-8-16/h2,4,6,10,14H,7-9,11,16H2,1H3,(H,17,19). The van der Waals surface area contributed by atoms with Gasteiger partial charge in [-0.2, -0.15) is 0 Å². The third-order valence-electron chi connectivity index (χ3n) is 3.19. The normalized spacial score (nSPS) is 18.7. The predicted molar refractivity (Wildman–Crippen MR) is 75.7 cm³/mol. The molecule has 1 aliphatic rings. The van der Waals surface area contributed by atoms with Crippen molar-refractivity contribution < 1.29 is 4.79 Å². The predicted octanol–water partition coefficient (Wildman–Crippen LogP) is 0.431. The van der Waals surface area contributed by atoms with E-state index in [1.165, 1.54) is 0 Å². The van der Waals surface area contributed by atoms with Crippen LogP contribution in [0.2, 0.25) is 0 Å². The quantitative estimate of drug-likeness (QED) is 0.755. The number of nitrogens with one attached hydrogen (secondary N) is 1. The molecule has 1 saturated heterocycles. The molecule has 0 saturated carbocycles. The first-order chi connectivity index (χ1) is 9.19. The fraction of sp³-hybridized carbons (Fsp3) is 0.400. The van der Waals surface area contributed by atoms with Crippen LogP contribution >= 0.6 is 0 Å². The van der Waals surface area contributed by atoms with Gasteiger partial charge in [-0.3, -0.25) is 4.79 Å². The van der Waals surface area contributed by atoms with Crippen LogP contribution in [-0.2, 0) is 0 Å². The van der Waals surface area contributed by atoms with E-state index in [1.807, 2.05) is 18.2 Å². The molecule has 1 fully saturated rings. The molecule has 1 amide bonds. The van der Waals surface area contributed by atoms with Crippen molar-refractivity contribution in [2.45, 2.75) is 12.5 Å².